The van der Waals surface area contributed by atoms with Gasteiger partial charge in [-0.1, -0.05) is 6.07 Å². The second-order valence-corrected chi connectivity index (χ2v) is 7.36. The topological polar surface area (TPSA) is 75.6 Å². The quantitative estimate of drug-likeness (QED) is 0.789. The molecule has 0 atom stereocenters. The van der Waals surface area contributed by atoms with Crippen molar-refractivity contribution in [2.24, 2.45) is 4.99 Å². The summed E-state index contributed by atoms with van der Waals surface area (Å²) in [7, 11) is 0. The average molecular weight is 372 g/mol. The minimum atomic E-state index is -0.286. The number of aliphatic imine (C=N–C) groups is 1. The van der Waals surface area contributed by atoms with Gasteiger partial charge in [-0.15, -0.1) is 11.3 Å². The van der Waals surface area contributed by atoms with Crippen LogP contribution in [0.4, 0.5) is 5.69 Å². The summed E-state index contributed by atoms with van der Waals surface area (Å²) < 4.78 is 5.00. The van der Waals surface area contributed by atoms with Crippen LogP contribution in [0.3, 0.4) is 0 Å². The summed E-state index contributed by atoms with van der Waals surface area (Å²) in [5.74, 6) is 0.563. The molecule has 7 heteroatoms. The van der Waals surface area contributed by atoms with Crippen LogP contribution in [0, 0.1) is 13.8 Å². The van der Waals surface area contributed by atoms with E-state index >= 15 is 0 Å². The van der Waals surface area contributed by atoms with Crippen molar-refractivity contribution in [3.8, 4) is 0 Å². The molecule has 0 unspecified atom stereocenters. The molecule has 0 radical (unpaired) electrons. The first-order valence-corrected chi connectivity index (χ1v) is 9.61. The van der Waals surface area contributed by atoms with Gasteiger partial charge >= 0.3 is 5.97 Å². The van der Waals surface area contributed by atoms with E-state index in [0.29, 0.717) is 0 Å². The van der Waals surface area contributed by atoms with Gasteiger partial charge in [0.05, 0.1) is 10.7 Å². The maximum absolute atomic E-state index is 10.9. The molecule has 1 aliphatic rings. The molecule has 138 valence electrons. The van der Waals surface area contributed by atoms with Gasteiger partial charge in [0.1, 0.15) is 6.61 Å². The molecule has 0 fully saturated rings. The van der Waals surface area contributed by atoms with Crippen LogP contribution in [0.25, 0.3) is 0 Å². The standard InChI is InChI=1S/C19H24N4O2S/c1-12-8-17(23-19-20-5-4-6-21-19)13(2)7-15(12)9-18-22-16(11-26-18)10-25-14(3)24/h7-8,11H,4-6,9-10H2,1-3H3,(H2,20,21,23). The van der Waals surface area contributed by atoms with Gasteiger partial charge in [0, 0.05) is 37.5 Å². The molecule has 0 aliphatic carbocycles. The van der Waals surface area contributed by atoms with Crippen LogP contribution < -0.4 is 10.6 Å². The average Bonchev–Trinajstić information content (AvgIpc) is 3.06. The number of ether oxygens (including phenoxy) is 1. The fourth-order valence-corrected chi connectivity index (χ4v) is 3.58. The normalized spacial score (nSPS) is 13.7. The van der Waals surface area contributed by atoms with Gasteiger partial charge in [-0.2, -0.15) is 0 Å². The third kappa shape index (κ3) is 4.82. The van der Waals surface area contributed by atoms with Gasteiger partial charge < -0.3 is 15.4 Å². The minimum Gasteiger partial charge on any atom is -0.459 e. The van der Waals surface area contributed by atoms with Crippen LogP contribution in [0.2, 0.25) is 0 Å². The summed E-state index contributed by atoms with van der Waals surface area (Å²) in [5.41, 5.74) is 5.52. The lowest BCUT2D eigenvalue weighted by Gasteiger charge is -2.18. The van der Waals surface area contributed by atoms with Crippen molar-refractivity contribution in [3.63, 3.8) is 0 Å². The SMILES string of the molecule is CC(=O)OCc1csc(Cc2cc(C)c(NC3=NCCCN3)cc2C)n1. The van der Waals surface area contributed by atoms with E-state index in [1.807, 2.05) is 5.38 Å². The lowest BCUT2D eigenvalue weighted by molar-refractivity contribution is -0.142. The number of nitrogens with one attached hydrogen (secondary N) is 2. The van der Waals surface area contributed by atoms with Gasteiger partial charge in [-0.25, -0.2) is 4.98 Å². The van der Waals surface area contributed by atoms with Crippen LogP contribution in [-0.2, 0) is 22.6 Å². The molecule has 0 saturated carbocycles. The van der Waals surface area contributed by atoms with Gasteiger partial charge in [0.2, 0.25) is 0 Å². The van der Waals surface area contributed by atoms with E-state index in [2.05, 4.69) is 46.6 Å². The Kier molecular flexibility index (Phi) is 5.88. The Bertz CT molecular complexity index is 829. The van der Waals surface area contributed by atoms with Crippen molar-refractivity contribution in [3.05, 3.63) is 44.9 Å². The van der Waals surface area contributed by atoms with Crippen LogP contribution in [-0.4, -0.2) is 30.0 Å². The zero-order valence-corrected chi connectivity index (χ0v) is 16.2. The van der Waals surface area contributed by atoms with Gasteiger partial charge in [0.25, 0.3) is 0 Å². The maximum atomic E-state index is 10.9. The maximum Gasteiger partial charge on any atom is 0.303 e. The number of aromatic nitrogens is 1. The van der Waals surface area contributed by atoms with Crippen LogP contribution >= 0.6 is 11.3 Å². The van der Waals surface area contributed by atoms with E-state index in [1.54, 1.807) is 11.3 Å². The fraction of sp³-hybridized carbons (Fsp3) is 0.421. The Morgan fingerprint density at radius 1 is 1.35 bits per heavy atom. The molecule has 0 bridgehead atoms. The molecule has 1 aromatic carbocycles. The molecule has 0 amide bonds. The van der Waals surface area contributed by atoms with Gasteiger partial charge in [-0.3, -0.25) is 9.79 Å². The van der Waals surface area contributed by atoms with Crippen molar-refractivity contribution in [1.82, 2.24) is 10.3 Å². The third-order valence-electron chi connectivity index (χ3n) is 4.20. The lowest BCUT2D eigenvalue weighted by atomic mass is 10.0. The minimum absolute atomic E-state index is 0.238. The highest BCUT2D eigenvalue weighted by molar-refractivity contribution is 7.09. The Labute approximate surface area is 157 Å². The highest BCUT2D eigenvalue weighted by atomic mass is 32.1. The first kappa shape index (κ1) is 18.4. The Hall–Kier alpha value is -2.41. The molecule has 2 heterocycles. The number of hydrogen-bond donors (Lipinski definition) is 2. The Morgan fingerprint density at radius 3 is 2.92 bits per heavy atom. The molecule has 1 aromatic heterocycles. The second kappa shape index (κ2) is 8.31. The lowest BCUT2D eigenvalue weighted by Crippen LogP contribution is -2.35. The number of hydrogen-bond acceptors (Lipinski definition) is 7. The first-order chi connectivity index (χ1) is 12.5. The molecule has 0 saturated heterocycles. The third-order valence-corrected chi connectivity index (χ3v) is 5.10. The van der Waals surface area contributed by atoms with E-state index < -0.39 is 0 Å². The molecular formula is C19H24N4O2S. The zero-order chi connectivity index (χ0) is 18.5. The number of guanidine groups is 1. The number of nitrogens with zero attached hydrogens (tertiary/aromatic N) is 2. The molecule has 2 N–H and O–H groups in total. The summed E-state index contributed by atoms with van der Waals surface area (Å²) in [6, 6.07) is 4.37. The van der Waals surface area contributed by atoms with Crippen molar-refractivity contribution < 1.29 is 9.53 Å². The fourth-order valence-electron chi connectivity index (χ4n) is 2.78. The van der Waals surface area contributed by atoms with Crippen LogP contribution in [0.1, 0.15) is 40.7 Å². The predicted molar refractivity (Wildman–Crippen MR) is 105 cm³/mol. The number of esters is 1. The number of aryl methyl sites for hydroxylation is 2. The van der Waals surface area contributed by atoms with Crippen molar-refractivity contribution >= 4 is 29.0 Å². The summed E-state index contributed by atoms with van der Waals surface area (Å²) in [5, 5.41) is 9.65. The summed E-state index contributed by atoms with van der Waals surface area (Å²) >= 11 is 1.60. The summed E-state index contributed by atoms with van der Waals surface area (Å²) in [6.07, 6.45) is 1.85. The number of thiazole rings is 1. The van der Waals surface area contributed by atoms with E-state index in [-0.39, 0.29) is 12.6 Å². The molecule has 3 rings (SSSR count). The zero-order valence-electron chi connectivity index (χ0n) is 15.4. The largest absolute Gasteiger partial charge is 0.459 e. The van der Waals surface area contributed by atoms with E-state index in [9.17, 15) is 4.79 Å². The molecule has 2 aromatic rings. The molecule has 26 heavy (non-hydrogen) atoms. The highest BCUT2D eigenvalue weighted by Gasteiger charge is 2.11. The smallest absolute Gasteiger partial charge is 0.303 e. The van der Waals surface area contributed by atoms with E-state index in [4.69, 9.17) is 4.74 Å². The molecule has 1 aliphatic heterocycles. The number of anilines is 1. The van der Waals surface area contributed by atoms with E-state index in [1.165, 1.54) is 23.6 Å². The summed E-state index contributed by atoms with van der Waals surface area (Å²) in [4.78, 5) is 19.9. The number of carbonyl (C=O) groups is 1. The number of carbonyl (C=O) groups excluding carboxylic acids is 1. The second-order valence-electron chi connectivity index (χ2n) is 6.42. The van der Waals surface area contributed by atoms with Crippen molar-refractivity contribution in [2.45, 2.75) is 40.2 Å². The van der Waals surface area contributed by atoms with Crippen molar-refractivity contribution in [2.75, 3.05) is 18.4 Å². The van der Waals surface area contributed by atoms with Gasteiger partial charge in [-0.05, 0) is 43.0 Å². The highest BCUT2D eigenvalue weighted by Crippen LogP contribution is 2.24. The molecular weight excluding hydrogens is 348 g/mol. The summed E-state index contributed by atoms with van der Waals surface area (Å²) in [6.45, 7) is 7.68. The first-order valence-electron chi connectivity index (χ1n) is 8.73. The molecule has 0 spiro atoms. The monoisotopic (exact) mass is 372 g/mol. The number of benzene rings is 1. The predicted octanol–water partition coefficient (Wildman–Crippen LogP) is 3.18. The molecule has 6 nitrogen and oxygen atoms in total. The van der Waals surface area contributed by atoms with Gasteiger partial charge in [0.15, 0.2) is 5.96 Å². The van der Waals surface area contributed by atoms with E-state index in [0.717, 1.165) is 48.3 Å². The van der Waals surface area contributed by atoms with Crippen molar-refractivity contribution in [1.29, 1.82) is 0 Å². The number of rotatable bonds is 5. The Balaban J connectivity index is 1.69. The van der Waals surface area contributed by atoms with Crippen LogP contribution in [0.5, 0.6) is 0 Å². The Morgan fingerprint density at radius 2 is 2.19 bits per heavy atom. The van der Waals surface area contributed by atoms with Crippen LogP contribution in [0.15, 0.2) is 22.5 Å².